The Bertz CT molecular complexity index is 2010. The number of hydrogen-bond acceptors (Lipinski definition) is 15. The van der Waals surface area contributed by atoms with Gasteiger partial charge in [-0.15, -0.1) is 0 Å². The third-order valence-corrected chi connectivity index (χ3v) is 18.7. The van der Waals surface area contributed by atoms with Gasteiger partial charge in [0.1, 0.15) is 19.3 Å². The maximum absolute atomic E-state index is 13.1. The number of unbranched alkanes of at least 4 members (excludes halogenated alkanes) is 41. The van der Waals surface area contributed by atoms with Crippen LogP contribution in [0.4, 0.5) is 0 Å². The first-order valence-corrected chi connectivity index (χ1v) is 41.9. The molecule has 3 N–H and O–H groups in total. The molecule has 562 valence electrons. The molecule has 0 fully saturated rings. The molecule has 0 aliphatic heterocycles. The highest BCUT2D eigenvalue weighted by Gasteiger charge is 2.30. The second-order valence-corrected chi connectivity index (χ2v) is 29.2. The summed E-state index contributed by atoms with van der Waals surface area (Å²) in [5.74, 6) is -2.17. The van der Waals surface area contributed by atoms with Crippen molar-refractivity contribution in [1.29, 1.82) is 0 Å². The number of ether oxygens (including phenoxy) is 4. The number of allylic oxidation sites excluding steroid dienone is 8. The monoisotopic (exact) mass is 1400 g/mol. The number of carbonyl (C=O) groups is 4. The Hall–Kier alpha value is -2.98. The van der Waals surface area contributed by atoms with Gasteiger partial charge in [-0.2, -0.15) is 0 Å². The van der Waals surface area contributed by atoms with E-state index in [1.807, 2.05) is 0 Å². The van der Waals surface area contributed by atoms with Crippen molar-refractivity contribution in [3.05, 3.63) is 48.6 Å². The van der Waals surface area contributed by atoms with Crippen LogP contribution in [0.3, 0.4) is 0 Å². The van der Waals surface area contributed by atoms with Gasteiger partial charge in [0.05, 0.1) is 26.4 Å². The standard InChI is InChI=1S/C77H142O17P2/c1-5-9-13-17-21-25-29-33-35-39-42-46-50-54-58-62-75(80)88-68-73(94-77(82)64-60-56-52-48-44-40-36-34-30-26-22-18-14-10-6-2)70-92-96(85,86)90-66-71(78)65-89-95(83,84)91-69-72(93-76(81)63-59-55-51-47-43-38-32-28-24-20-16-12-8-4)67-87-74(79)61-57-53-49-45-41-37-31-27-23-19-15-11-7-3/h21,25-26,30,33-36,71-73,78H,5-20,22-24,27-29,31-32,37-70H2,1-4H3,(H,83,84)(H,85,86)/b25-21-,30-26-,35-33-,36-34-/t71-,72+,73+/m0/s1. The van der Waals surface area contributed by atoms with Crippen LogP contribution in [0, 0.1) is 0 Å². The van der Waals surface area contributed by atoms with Crippen molar-refractivity contribution in [2.75, 3.05) is 39.6 Å². The van der Waals surface area contributed by atoms with Gasteiger partial charge in [-0.05, 0) is 83.5 Å². The average Bonchev–Trinajstić information content (AvgIpc) is 1.36. The lowest BCUT2D eigenvalue weighted by atomic mass is 10.0. The van der Waals surface area contributed by atoms with Crippen LogP contribution < -0.4 is 0 Å². The summed E-state index contributed by atoms with van der Waals surface area (Å²) >= 11 is 0. The van der Waals surface area contributed by atoms with E-state index in [1.54, 1.807) is 0 Å². The molecule has 0 aromatic rings. The molecular formula is C77H142O17P2. The maximum Gasteiger partial charge on any atom is 0.472 e. The summed E-state index contributed by atoms with van der Waals surface area (Å²) in [6.07, 6.45) is 66.6. The molecule has 5 atom stereocenters. The molecule has 0 saturated heterocycles. The van der Waals surface area contributed by atoms with Crippen LogP contribution in [0.25, 0.3) is 0 Å². The lowest BCUT2D eigenvalue weighted by Gasteiger charge is -2.21. The predicted octanol–water partition coefficient (Wildman–Crippen LogP) is 22.1. The third-order valence-electron chi connectivity index (χ3n) is 16.8. The molecule has 0 amide bonds. The van der Waals surface area contributed by atoms with Crippen LogP contribution in [-0.2, 0) is 65.4 Å². The van der Waals surface area contributed by atoms with Crippen molar-refractivity contribution in [3.8, 4) is 0 Å². The predicted molar refractivity (Wildman–Crippen MR) is 390 cm³/mol. The molecule has 0 aliphatic carbocycles. The Morgan fingerprint density at radius 2 is 0.542 bits per heavy atom. The molecule has 17 nitrogen and oxygen atoms in total. The number of aliphatic hydroxyl groups excluding tert-OH is 1. The van der Waals surface area contributed by atoms with E-state index in [0.29, 0.717) is 25.7 Å². The average molecular weight is 1400 g/mol. The highest BCUT2D eigenvalue weighted by molar-refractivity contribution is 7.47. The number of hydrogen-bond donors (Lipinski definition) is 3. The number of aliphatic hydroxyl groups is 1. The highest BCUT2D eigenvalue weighted by atomic mass is 31.2. The van der Waals surface area contributed by atoms with Crippen molar-refractivity contribution >= 4 is 39.5 Å². The molecule has 0 aliphatic rings. The minimum absolute atomic E-state index is 0.0790. The minimum Gasteiger partial charge on any atom is -0.462 e. The zero-order valence-electron chi connectivity index (χ0n) is 61.3. The molecule has 0 radical (unpaired) electrons. The van der Waals surface area contributed by atoms with Crippen LogP contribution >= 0.6 is 15.6 Å². The zero-order valence-corrected chi connectivity index (χ0v) is 63.1. The summed E-state index contributed by atoms with van der Waals surface area (Å²) in [4.78, 5) is 72.8. The van der Waals surface area contributed by atoms with Crippen molar-refractivity contribution in [2.45, 2.75) is 380 Å². The zero-order chi connectivity index (χ0) is 70.4. The molecule has 19 heteroatoms. The van der Waals surface area contributed by atoms with E-state index in [2.05, 4.69) is 76.3 Å². The first-order valence-electron chi connectivity index (χ1n) is 38.9. The maximum atomic E-state index is 13.1. The summed E-state index contributed by atoms with van der Waals surface area (Å²) < 4.78 is 68.5. The lowest BCUT2D eigenvalue weighted by Crippen LogP contribution is -2.30. The lowest BCUT2D eigenvalue weighted by molar-refractivity contribution is -0.161. The van der Waals surface area contributed by atoms with Crippen LogP contribution in [0.5, 0.6) is 0 Å². The molecule has 2 unspecified atom stereocenters. The largest absolute Gasteiger partial charge is 0.472 e. The molecule has 0 rings (SSSR count). The van der Waals surface area contributed by atoms with Gasteiger partial charge in [0.15, 0.2) is 12.2 Å². The molecular weight excluding hydrogens is 1260 g/mol. The van der Waals surface area contributed by atoms with E-state index in [0.717, 1.165) is 128 Å². The van der Waals surface area contributed by atoms with E-state index < -0.39 is 97.5 Å². The van der Waals surface area contributed by atoms with Crippen molar-refractivity contribution in [1.82, 2.24) is 0 Å². The van der Waals surface area contributed by atoms with E-state index >= 15 is 0 Å². The van der Waals surface area contributed by atoms with Gasteiger partial charge in [-0.25, -0.2) is 9.13 Å². The van der Waals surface area contributed by atoms with Gasteiger partial charge in [0.2, 0.25) is 0 Å². The van der Waals surface area contributed by atoms with Crippen molar-refractivity contribution in [3.63, 3.8) is 0 Å². The van der Waals surface area contributed by atoms with Crippen LogP contribution in [0.15, 0.2) is 48.6 Å². The fourth-order valence-corrected chi connectivity index (χ4v) is 12.4. The Balaban J connectivity index is 5.33. The third kappa shape index (κ3) is 69.5. The summed E-state index contributed by atoms with van der Waals surface area (Å²) in [7, 11) is -9.93. The first kappa shape index (κ1) is 93.0. The summed E-state index contributed by atoms with van der Waals surface area (Å²) in [5, 5.41) is 10.6. The van der Waals surface area contributed by atoms with Crippen LogP contribution in [0.1, 0.15) is 362 Å². The molecule has 0 bridgehead atoms. The highest BCUT2D eigenvalue weighted by Crippen LogP contribution is 2.45. The summed E-state index contributed by atoms with van der Waals surface area (Å²) in [5.41, 5.74) is 0. The van der Waals surface area contributed by atoms with E-state index in [9.17, 15) is 43.2 Å². The molecule has 0 heterocycles. The van der Waals surface area contributed by atoms with Gasteiger partial charge in [-0.1, -0.05) is 301 Å². The Morgan fingerprint density at radius 1 is 0.302 bits per heavy atom. The number of rotatable bonds is 74. The Kier molecular flexibility index (Phi) is 68.3. The fourth-order valence-electron chi connectivity index (χ4n) is 10.8. The second kappa shape index (κ2) is 70.5. The first-order chi connectivity index (χ1) is 46.7. The van der Waals surface area contributed by atoms with Gasteiger partial charge in [0, 0.05) is 25.7 Å². The number of phosphoric acid groups is 2. The van der Waals surface area contributed by atoms with Gasteiger partial charge in [0.25, 0.3) is 0 Å². The number of esters is 4. The summed E-state index contributed by atoms with van der Waals surface area (Å²) in [6, 6.07) is 0. The van der Waals surface area contributed by atoms with E-state index in [1.165, 1.54) is 154 Å². The quantitative estimate of drug-likeness (QED) is 0.0128. The van der Waals surface area contributed by atoms with Crippen LogP contribution in [-0.4, -0.2) is 96.7 Å². The van der Waals surface area contributed by atoms with Gasteiger partial charge < -0.3 is 33.8 Å². The molecule has 0 spiro atoms. The molecule has 0 aromatic heterocycles. The van der Waals surface area contributed by atoms with E-state index in [-0.39, 0.29) is 25.7 Å². The van der Waals surface area contributed by atoms with E-state index in [4.69, 9.17) is 37.0 Å². The minimum atomic E-state index is -4.97. The molecule has 0 aromatic carbocycles. The van der Waals surface area contributed by atoms with Crippen molar-refractivity contribution in [2.24, 2.45) is 0 Å². The van der Waals surface area contributed by atoms with Gasteiger partial charge >= 0.3 is 39.5 Å². The Labute approximate surface area is 585 Å². The van der Waals surface area contributed by atoms with Crippen molar-refractivity contribution < 1.29 is 80.2 Å². The van der Waals surface area contributed by atoms with Crippen LogP contribution in [0.2, 0.25) is 0 Å². The smallest absolute Gasteiger partial charge is 0.462 e. The number of carbonyl (C=O) groups excluding carboxylic acids is 4. The normalized spacial score (nSPS) is 14.2. The Morgan fingerprint density at radius 3 is 0.865 bits per heavy atom. The fraction of sp³-hybridized carbons (Fsp3) is 0.844. The van der Waals surface area contributed by atoms with Gasteiger partial charge in [-0.3, -0.25) is 37.3 Å². The molecule has 0 saturated carbocycles. The SMILES string of the molecule is CCCCC/C=C\C/C=C\CCCCCCCC(=O)OC[C@H](COP(=O)(O)OC[C@@H](O)COP(=O)(O)OC[C@@H](COC(=O)CCCCCCCCCCCCCCC)OC(=O)CCCCCCCCCCCCCCC)OC(=O)CCCCCCC/C=C\C=C/CCCCCC. The summed E-state index contributed by atoms with van der Waals surface area (Å²) in [6.45, 7) is 4.86. The topological polar surface area (TPSA) is 237 Å². The molecule has 96 heavy (non-hydrogen) atoms. The second-order valence-electron chi connectivity index (χ2n) is 26.3. The number of phosphoric ester groups is 2.